The molecule has 0 radical (unpaired) electrons. The van der Waals surface area contributed by atoms with E-state index in [4.69, 9.17) is 4.74 Å². The van der Waals surface area contributed by atoms with Gasteiger partial charge in [-0.3, -0.25) is 0 Å². The molecule has 122 valence electrons. The Kier molecular flexibility index (Phi) is 9.01. The maximum atomic E-state index is 10.4. The van der Waals surface area contributed by atoms with Crippen LogP contribution in [0.2, 0.25) is 0 Å². The van der Waals surface area contributed by atoms with Gasteiger partial charge in [-0.15, -0.1) is 0 Å². The van der Waals surface area contributed by atoms with E-state index in [1.165, 1.54) is 0 Å². The minimum atomic E-state index is -0.363. The van der Waals surface area contributed by atoms with Gasteiger partial charge in [-0.25, -0.2) is 0 Å². The first kappa shape index (κ1) is 19.9. The Hall–Kier alpha value is -0.0800. The largest absolute Gasteiger partial charge is 0.390 e. The van der Waals surface area contributed by atoms with Crippen molar-refractivity contribution in [1.29, 1.82) is 0 Å². The van der Waals surface area contributed by atoms with E-state index in [1.807, 2.05) is 0 Å². The second-order valence-electron chi connectivity index (χ2n) is 7.74. The average Bonchev–Trinajstić information content (AvgIpc) is 2.23. The molecule has 0 saturated heterocycles. The Morgan fingerprint density at radius 2 is 1.00 bits per heavy atom. The summed E-state index contributed by atoms with van der Waals surface area (Å²) in [6, 6.07) is 0. The molecule has 0 amide bonds. The molecule has 2 nitrogen and oxygen atoms in total. The first-order valence-corrected chi connectivity index (χ1v) is 8.39. The summed E-state index contributed by atoms with van der Waals surface area (Å²) >= 11 is 0. The van der Waals surface area contributed by atoms with Crippen LogP contribution >= 0.6 is 0 Å². The van der Waals surface area contributed by atoms with Crippen LogP contribution < -0.4 is 0 Å². The third-order valence-corrected chi connectivity index (χ3v) is 4.60. The Labute approximate surface area is 127 Å². The van der Waals surface area contributed by atoms with E-state index in [0.29, 0.717) is 42.1 Å². The van der Waals surface area contributed by atoms with Gasteiger partial charge in [0.15, 0.2) is 0 Å². The Morgan fingerprint density at radius 3 is 1.30 bits per heavy atom. The fourth-order valence-corrected chi connectivity index (χ4v) is 3.98. The molecule has 2 unspecified atom stereocenters. The molecule has 0 fully saturated rings. The Bertz CT molecular complexity index is 204. The third kappa shape index (κ3) is 6.13. The number of ether oxygens (including phenoxy) is 1. The standard InChI is InChI=1S/C18H38O2/c1-11(2)17(12(3)4)15(9)20-10-16(19)18(13(5)6)14(7)8/h11-19H,10H2,1-9H3. The average molecular weight is 286 g/mol. The number of rotatable bonds is 9. The molecule has 1 N–H and O–H groups in total. The molecule has 0 rings (SSSR count). The van der Waals surface area contributed by atoms with Gasteiger partial charge >= 0.3 is 0 Å². The van der Waals surface area contributed by atoms with Gasteiger partial charge in [0.25, 0.3) is 0 Å². The zero-order chi connectivity index (χ0) is 16.0. The van der Waals surface area contributed by atoms with E-state index in [2.05, 4.69) is 62.3 Å². The van der Waals surface area contributed by atoms with Gasteiger partial charge in [-0.05, 0) is 42.4 Å². The van der Waals surface area contributed by atoms with Crippen molar-refractivity contribution in [1.82, 2.24) is 0 Å². The van der Waals surface area contributed by atoms with Gasteiger partial charge in [-0.2, -0.15) is 0 Å². The van der Waals surface area contributed by atoms with Crippen LogP contribution in [0.25, 0.3) is 0 Å². The molecule has 0 bridgehead atoms. The fraction of sp³-hybridized carbons (Fsp3) is 1.00. The lowest BCUT2D eigenvalue weighted by atomic mass is 9.80. The van der Waals surface area contributed by atoms with Crippen LogP contribution in [-0.2, 0) is 4.74 Å². The van der Waals surface area contributed by atoms with E-state index >= 15 is 0 Å². The van der Waals surface area contributed by atoms with Crippen molar-refractivity contribution in [2.75, 3.05) is 6.61 Å². The summed E-state index contributed by atoms with van der Waals surface area (Å²) in [7, 11) is 0. The fourth-order valence-electron chi connectivity index (χ4n) is 3.98. The maximum absolute atomic E-state index is 10.4. The highest BCUT2D eigenvalue weighted by Crippen LogP contribution is 2.28. The monoisotopic (exact) mass is 286 g/mol. The topological polar surface area (TPSA) is 29.5 Å². The van der Waals surface area contributed by atoms with Crippen molar-refractivity contribution in [3.8, 4) is 0 Å². The molecule has 0 aliphatic heterocycles. The molecule has 0 heterocycles. The van der Waals surface area contributed by atoms with Crippen molar-refractivity contribution in [2.24, 2.45) is 35.5 Å². The second kappa shape index (κ2) is 9.04. The van der Waals surface area contributed by atoms with E-state index in [-0.39, 0.29) is 12.2 Å². The summed E-state index contributed by atoms with van der Waals surface area (Å²) in [4.78, 5) is 0. The Morgan fingerprint density at radius 1 is 0.650 bits per heavy atom. The molecule has 20 heavy (non-hydrogen) atoms. The Balaban J connectivity index is 4.52. The van der Waals surface area contributed by atoms with Crippen LogP contribution in [0.5, 0.6) is 0 Å². The third-order valence-electron chi connectivity index (χ3n) is 4.60. The highest BCUT2D eigenvalue weighted by molar-refractivity contribution is 4.77. The van der Waals surface area contributed by atoms with Gasteiger partial charge in [-0.1, -0.05) is 55.4 Å². The first-order chi connectivity index (χ1) is 9.09. The van der Waals surface area contributed by atoms with Crippen molar-refractivity contribution >= 4 is 0 Å². The molecule has 0 aliphatic rings. The van der Waals surface area contributed by atoms with Crippen LogP contribution in [-0.4, -0.2) is 23.9 Å². The highest BCUT2D eigenvalue weighted by Gasteiger charge is 2.29. The number of aliphatic hydroxyl groups excluding tert-OH is 1. The number of hydrogen-bond acceptors (Lipinski definition) is 2. The highest BCUT2D eigenvalue weighted by atomic mass is 16.5. The molecule has 0 saturated carbocycles. The van der Waals surface area contributed by atoms with Gasteiger partial charge in [0.1, 0.15) is 0 Å². The summed E-state index contributed by atoms with van der Waals surface area (Å²) in [5.74, 6) is 3.02. The second-order valence-corrected chi connectivity index (χ2v) is 7.74. The molecule has 0 spiro atoms. The van der Waals surface area contributed by atoms with Gasteiger partial charge in [0.05, 0.1) is 18.8 Å². The van der Waals surface area contributed by atoms with Crippen LogP contribution in [0.1, 0.15) is 62.3 Å². The molecule has 0 aliphatic carbocycles. The van der Waals surface area contributed by atoms with E-state index in [0.717, 1.165) is 0 Å². The lowest BCUT2D eigenvalue weighted by molar-refractivity contribution is -0.0732. The quantitative estimate of drug-likeness (QED) is 0.671. The summed E-state index contributed by atoms with van der Waals surface area (Å²) in [6.07, 6.45) is -0.165. The van der Waals surface area contributed by atoms with Crippen molar-refractivity contribution in [3.63, 3.8) is 0 Å². The van der Waals surface area contributed by atoms with Crippen LogP contribution in [0.3, 0.4) is 0 Å². The predicted molar refractivity (Wildman–Crippen MR) is 87.8 cm³/mol. The van der Waals surface area contributed by atoms with Crippen LogP contribution in [0, 0.1) is 35.5 Å². The first-order valence-electron chi connectivity index (χ1n) is 8.39. The van der Waals surface area contributed by atoms with E-state index in [9.17, 15) is 5.11 Å². The molecule has 0 aromatic rings. The smallest absolute Gasteiger partial charge is 0.0806 e. The molecule has 2 heteroatoms. The summed E-state index contributed by atoms with van der Waals surface area (Å²) in [5, 5.41) is 10.4. The van der Waals surface area contributed by atoms with Crippen molar-refractivity contribution in [3.05, 3.63) is 0 Å². The van der Waals surface area contributed by atoms with E-state index < -0.39 is 0 Å². The SMILES string of the molecule is CC(C)C(C(C)C)C(O)COC(C)C(C(C)C)C(C)C. The molecule has 0 aromatic heterocycles. The predicted octanol–water partition coefficient (Wildman–Crippen LogP) is 4.61. The minimum absolute atomic E-state index is 0.199. The molecule has 2 atom stereocenters. The lowest BCUT2D eigenvalue weighted by Gasteiger charge is -2.34. The number of aliphatic hydroxyl groups is 1. The minimum Gasteiger partial charge on any atom is -0.390 e. The summed E-state index contributed by atoms with van der Waals surface area (Å²) in [6.45, 7) is 20.4. The van der Waals surface area contributed by atoms with Crippen molar-refractivity contribution < 1.29 is 9.84 Å². The normalized spacial score (nSPS) is 16.2. The van der Waals surface area contributed by atoms with Crippen LogP contribution in [0.15, 0.2) is 0 Å². The summed E-state index contributed by atoms with van der Waals surface area (Å²) in [5.41, 5.74) is 0. The van der Waals surface area contributed by atoms with Crippen molar-refractivity contribution in [2.45, 2.75) is 74.5 Å². The zero-order valence-electron chi connectivity index (χ0n) is 15.2. The maximum Gasteiger partial charge on any atom is 0.0806 e. The molecule has 0 aromatic carbocycles. The van der Waals surface area contributed by atoms with E-state index in [1.54, 1.807) is 0 Å². The van der Waals surface area contributed by atoms with Crippen LogP contribution in [0.4, 0.5) is 0 Å². The lowest BCUT2D eigenvalue weighted by Crippen LogP contribution is -2.37. The van der Waals surface area contributed by atoms with Gasteiger partial charge in [0, 0.05) is 0 Å². The van der Waals surface area contributed by atoms with Gasteiger partial charge < -0.3 is 9.84 Å². The van der Waals surface area contributed by atoms with Gasteiger partial charge in [0.2, 0.25) is 0 Å². The summed E-state index contributed by atoms with van der Waals surface area (Å²) < 4.78 is 6.02. The molecular weight excluding hydrogens is 248 g/mol. The number of hydrogen-bond donors (Lipinski definition) is 1. The molecular formula is C18H38O2. The zero-order valence-corrected chi connectivity index (χ0v) is 15.2.